The van der Waals surface area contributed by atoms with Gasteiger partial charge in [0, 0.05) is 11.2 Å². The van der Waals surface area contributed by atoms with E-state index in [2.05, 4.69) is 28.8 Å². The van der Waals surface area contributed by atoms with Crippen LogP contribution in [0, 0.1) is 17.8 Å². The monoisotopic (exact) mass is 200 g/mol. The van der Waals surface area contributed by atoms with Gasteiger partial charge < -0.3 is 0 Å². The summed E-state index contributed by atoms with van der Waals surface area (Å²) in [5, 5.41) is 0. The summed E-state index contributed by atoms with van der Waals surface area (Å²) in [5.41, 5.74) is 0.433. The van der Waals surface area contributed by atoms with Gasteiger partial charge in [0.05, 0.1) is 0 Å². The van der Waals surface area contributed by atoms with Gasteiger partial charge in [-0.2, -0.15) is 0 Å². The van der Waals surface area contributed by atoms with Crippen LogP contribution in [0.3, 0.4) is 0 Å². The van der Waals surface area contributed by atoms with Crippen LogP contribution in [0.4, 0.5) is 0 Å². The van der Waals surface area contributed by atoms with Crippen LogP contribution in [0.15, 0.2) is 0 Å². The summed E-state index contributed by atoms with van der Waals surface area (Å²) < 4.78 is 0. The van der Waals surface area contributed by atoms with Crippen molar-refractivity contribution in [3.63, 3.8) is 0 Å². The Morgan fingerprint density at radius 3 is 2.90 bits per heavy atom. The highest BCUT2D eigenvalue weighted by atomic mass is 79.9. The minimum absolute atomic E-state index is 0.433. The van der Waals surface area contributed by atoms with Crippen molar-refractivity contribution in [2.75, 3.05) is 0 Å². The first-order valence-corrected chi connectivity index (χ1v) is 4.65. The van der Waals surface area contributed by atoms with E-state index >= 15 is 0 Å². The van der Waals surface area contributed by atoms with E-state index in [4.69, 9.17) is 6.42 Å². The molecule has 0 aromatic carbocycles. The number of halogens is 1. The molecule has 1 fully saturated rings. The Bertz CT molecular complexity index is 157. The first kappa shape index (κ1) is 8.14. The zero-order valence-electron chi connectivity index (χ0n) is 6.36. The third-order valence-electron chi connectivity index (χ3n) is 2.30. The average Bonchev–Trinajstić information content (AvgIpc) is 2.12. The predicted octanol–water partition coefficient (Wildman–Crippen LogP) is 2.96. The topological polar surface area (TPSA) is 0 Å². The van der Waals surface area contributed by atoms with Crippen LogP contribution in [0.1, 0.15) is 32.6 Å². The normalized spacial score (nSPS) is 39.5. The first-order valence-electron chi connectivity index (χ1n) is 3.74. The van der Waals surface area contributed by atoms with Gasteiger partial charge in [-0.3, -0.25) is 0 Å². The van der Waals surface area contributed by atoms with E-state index < -0.39 is 0 Å². The van der Waals surface area contributed by atoms with Crippen molar-refractivity contribution < 1.29 is 0 Å². The molecule has 0 aromatic rings. The molecule has 1 aliphatic carbocycles. The molecule has 2 atom stereocenters. The van der Waals surface area contributed by atoms with Gasteiger partial charge in [0.2, 0.25) is 0 Å². The van der Waals surface area contributed by atoms with Gasteiger partial charge >= 0.3 is 0 Å². The van der Waals surface area contributed by atoms with Crippen LogP contribution in [-0.4, -0.2) is 4.83 Å². The average molecular weight is 201 g/mol. The van der Waals surface area contributed by atoms with Crippen LogP contribution in [-0.2, 0) is 0 Å². The number of hydrogen-bond donors (Lipinski definition) is 0. The Morgan fingerprint density at radius 1 is 1.80 bits per heavy atom. The highest BCUT2D eigenvalue weighted by Gasteiger charge is 2.32. The Labute approximate surface area is 71.5 Å². The van der Waals surface area contributed by atoms with E-state index in [-0.39, 0.29) is 0 Å². The summed E-state index contributed by atoms with van der Waals surface area (Å²) in [4.78, 5) is 0.714. The minimum atomic E-state index is 0.433. The lowest BCUT2D eigenvalue weighted by atomic mass is 9.86. The van der Waals surface area contributed by atoms with Gasteiger partial charge in [0.25, 0.3) is 0 Å². The third-order valence-corrected chi connectivity index (χ3v) is 3.09. The lowest BCUT2D eigenvalue weighted by molar-refractivity contribution is 0.349. The molecule has 1 aliphatic rings. The SMILES string of the molecule is C#CCC1(C)CCC(Br)C1. The molecule has 2 unspecified atom stereocenters. The molecule has 0 radical (unpaired) electrons. The van der Waals surface area contributed by atoms with Crippen LogP contribution in [0.2, 0.25) is 0 Å². The van der Waals surface area contributed by atoms with Gasteiger partial charge in [-0.05, 0) is 24.7 Å². The molecule has 56 valence electrons. The van der Waals surface area contributed by atoms with E-state index in [9.17, 15) is 0 Å². The standard InChI is InChI=1S/C9H13Br/c1-3-5-9(2)6-4-8(10)7-9/h1,8H,4-7H2,2H3. The van der Waals surface area contributed by atoms with Gasteiger partial charge in [0.15, 0.2) is 0 Å². The van der Waals surface area contributed by atoms with E-state index in [0.29, 0.717) is 10.2 Å². The molecule has 1 saturated carbocycles. The van der Waals surface area contributed by atoms with Crippen molar-refractivity contribution in [3.05, 3.63) is 0 Å². The fraction of sp³-hybridized carbons (Fsp3) is 0.778. The molecule has 1 heteroatoms. The highest BCUT2D eigenvalue weighted by Crippen LogP contribution is 2.43. The Balaban J connectivity index is 2.48. The molecule has 0 saturated heterocycles. The molecule has 0 aromatic heterocycles. The second-order valence-corrected chi connectivity index (χ2v) is 4.83. The third kappa shape index (κ3) is 1.76. The van der Waals surface area contributed by atoms with E-state index in [0.717, 1.165) is 6.42 Å². The van der Waals surface area contributed by atoms with Crippen molar-refractivity contribution >= 4 is 15.9 Å². The van der Waals surface area contributed by atoms with E-state index in [1.54, 1.807) is 0 Å². The molecule has 1 rings (SSSR count). The Morgan fingerprint density at radius 2 is 2.50 bits per heavy atom. The maximum absolute atomic E-state index is 5.27. The molecule has 0 nitrogen and oxygen atoms in total. The van der Waals surface area contributed by atoms with E-state index in [1.165, 1.54) is 19.3 Å². The number of alkyl halides is 1. The summed E-state index contributed by atoms with van der Waals surface area (Å²) in [5.74, 6) is 2.75. The van der Waals surface area contributed by atoms with Gasteiger partial charge in [-0.1, -0.05) is 22.9 Å². The van der Waals surface area contributed by atoms with Crippen molar-refractivity contribution in [1.82, 2.24) is 0 Å². The maximum atomic E-state index is 5.27. The van der Waals surface area contributed by atoms with E-state index in [1.807, 2.05) is 0 Å². The summed E-state index contributed by atoms with van der Waals surface area (Å²) in [7, 11) is 0. The summed E-state index contributed by atoms with van der Waals surface area (Å²) >= 11 is 3.62. The molecule has 0 amide bonds. The second kappa shape index (κ2) is 2.96. The number of hydrogen-bond acceptors (Lipinski definition) is 0. The second-order valence-electron chi connectivity index (χ2n) is 3.53. The van der Waals surface area contributed by atoms with Gasteiger partial charge in [0.1, 0.15) is 0 Å². The fourth-order valence-corrected chi connectivity index (χ4v) is 2.66. The first-order chi connectivity index (χ1) is 4.66. The highest BCUT2D eigenvalue weighted by molar-refractivity contribution is 9.09. The summed E-state index contributed by atoms with van der Waals surface area (Å²) in [6, 6.07) is 0. The Hall–Kier alpha value is 0.0400. The summed E-state index contributed by atoms with van der Waals surface area (Å²) in [6.07, 6.45) is 10.0. The molecule has 10 heavy (non-hydrogen) atoms. The van der Waals surface area contributed by atoms with Crippen LogP contribution in [0.25, 0.3) is 0 Å². The quantitative estimate of drug-likeness (QED) is 0.452. The number of terminal acetylenes is 1. The van der Waals surface area contributed by atoms with Crippen molar-refractivity contribution in [3.8, 4) is 12.3 Å². The molecular weight excluding hydrogens is 188 g/mol. The Kier molecular flexibility index (Phi) is 2.41. The molecule has 0 aliphatic heterocycles. The predicted molar refractivity (Wildman–Crippen MR) is 48.1 cm³/mol. The minimum Gasteiger partial charge on any atom is -0.120 e. The lowest BCUT2D eigenvalue weighted by Crippen LogP contribution is -2.10. The van der Waals surface area contributed by atoms with Crippen molar-refractivity contribution in [2.45, 2.75) is 37.4 Å². The molecular formula is C9H13Br. The maximum Gasteiger partial charge on any atom is 0.0151 e. The smallest absolute Gasteiger partial charge is 0.0151 e. The molecule has 0 N–H and O–H groups in total. The van der Waals surface area contributed by atoms with Crippen LogP contribution in [0.5, 0.6) is 0 Å². The van der Waals surface area contributed by atoms with Gasteiger partial charge in [-0.15, -0.1) is 12.3 Å². The van der Waals surface area contributed by atoms with Crippen LogP contribution < -0.4 is 0 Å². The zero-order valence-corrected chi connectivity index (χ0v) is 7.95. The number of rotatable bonds is 1. The molecule has 0 heterocycles. The fourth-order valence-electron chi connectivity index (χ4n) is 1.65. The van der Waals surface area contributed by atoms with Crippen molar-refractivity contribution in [1.29, 1.82) is 0 Å². The van der Waals surface area contributed by atoms with Crippen LogP contribution >= 0.6 is 15.9 Å². The molecule has 0 spiro atoms. The summed E-state index contributed by atoms with van der Waals surface area (Å²) in [6.45, 7) is 2.29. The lowest BCUT2D eigenvalue weighted by Gasteiger charge is -2.19. The largest absolute Gasteiger partial charge is 0.120 e. The van der Waals surface area contributed by atoms with Crippen molar-refractivity contribution in [2.24, 2.45) is 5.41 Å². The zero-order chi connectivity index (χ0) is 7.61. The molecule has 0 bridgehead atoms. The van der Waals surface area contributed by atoms with Gasteiger partial charge in [-0.25, -0.2) is 0 Å².